The second-order valence-electron chi connectivity index (χ2n) is 5.61. The van der Waals surface area contributed by atoms with Crippen LogP contribution in [0.5, 0.6) is 5.75 Å². The van der Waals surface area contributed by atoms with Crippen LogP contribution in [-0.4, -0.2) is 30.6 Å². The summed E-state index contributed by atoms with van der Waals surface area (Å²) in [5.41, 5.74) is 1.94. The topological polar surface area (TPSA) is 23.5 Å². The lowest BCUT2D eigenvalue weighted by Gasteiger charge is -2.21. The summed E-state index contributed by atoms with van der Waals surface area (Å²) in [6.45, 7) is 5.05. The lowest BCUT2D eigenvalue weighted by Crippen LogP contribution is -2.18. The molecule has 0 heterocycles. The molecule has 2 nitrogen and oxygen atoms in total. The molecule has 0 aliphatic heterocycles. The summed E-state index contributed by atoms with van der Waals surface area (Å²) in [6.07, 6.45) is 3.93. The first kappa shape index (κ1) is 17.5. The Bertz CT molecular complexity index is 634. The average molecular weight is 306 g/mol. The fourth-order valence-electron chi connectivity index (χ4n) is 2.83. The standard InChI is InChI=1S/C18H23NO.ClH/c1-5-8-15-11-14-9-6-7-10-16(14)17(18(15)20)13(2)12-19(3)4;/h5-11,13,20H,12H2,1-4H3;1H. The van der Waals surface area contributed by atoms with E-state index in [0.717, 1.165) is 23.1 Å². The molecule has 0 aliphatic carbocycles. The van der Waals surface area contributed by atoms with Gasteiger partial charge in [0.25, 0.3) is 0 Å². The van der Waals surface area contributed by atoms with E-state index in [9.17, 15) is 5.11 Å². The number of halogens is 1. The number of hydrogen-bond acceptors (Lipinski definition) is 2. The summed E-state index contributed by atoms with van der Waals surface area (Å²) >= 11 is 0. The summed E-state index contributed by atoms with van der Waals surface area (Å²) in [4.78, 5) is 2.15. The van der Waals surface area contributed by atoms with Gasteiger partial charge in [0.2, 0.25) is 0 Å². The predicted molar refractivity (Wildman–Crippen MR) is 94.5 cm³/mol. The van der Waals surface area contributed by atoms with Crippen LogP contribution >= 0.6 is 12.4 Å². The van der Waals surface area contributed by atoms with E-state index in [1.54, 1.807) is 0 Å². The van der Waals surface area contributed by atoms with E-state index >= 15 is 0 Å². The molecule has 2 rings (SSSR count). The van der Waals surface area contributed by atoms with Gasteiger partial charge in [0.05, 0.1) is 0 Å². The zero-order valence-corrected chi connectivity index (χ0v) is 13.9. The number of aromatic hydroxyl groups is 1. The largest absolute Gasteiger partial charge is 0.507 e. The van der Waals surface area contributed by atoms with Gasteiger partial charge in [0, 0.05) is 17.7 Å². The number of nitrogens with zero attached hydrogens (tertiary/aromatic N) is 1. The first-order chi connectivity index (χ1) is 9.54. The molecule has 2 aromatic rings. The fourth-order valence-corrected chi connectivity index (χ4v) is 2.83. The lowest BCUT2D eigenvalue weighted by molar-refractivity contribution is 0.376. The van der Waals surface area contributed by atoms with Gasteiger partial charge >= 0.3 is 0 Å². The van der Waals surface area contributed by atoms with Crippen molar-refractivity contribution in [1.82, 2.24) is 4.90 Å². The summed E-state index contributed by atoms with van der Waals surface area (Å²) in [5.74, 6) is 0.691. The Morgan fingerprint density at radius 2 is 1.90 bits per heavy atom. The highest BCUT2D eigenvalue weighted by Crippen LogP contribution is 2.37. The molecule has 0 saturated carbocycles. The van der Waals surface area contributed by atoms with Crippen molar-refractivity contribution in [2.24, 2.45) is 0 Å². The van der Waals surface area contributed by atoms with Crippen molar-refractivity contribution in [3.05, 3.63) is 47.5 Å². The molecule has 0 bridgehead atoms. The normalized spacial score (nSPS) is 12.8. The molecule has 0 spiro atoms. The Hall–Kier alpha value is -1.51. The third kappa shape index (κ3) is 3.78. The molecule has 0 fully saturated rings. The Balaban J connectivity index is 0.00000220. The number of hydrogen-bond donors (Lipinski definition) is 1. The summed E-state index contributed by atoms with van der Waals surface area (Å²) in [7, 11) is 4.12. The first-order valence-corrected chi connectivity index (χ1v) is 7.06. The molecule has 1 N–H and O–H groups in total. The molecule has 0 aliphatic rings. The molecule has 114 valence electrons. The third-order valence-electron chi connectivity index (χ3n) is 3.57. The van der Waals surface area contributed by atoms with Crippen molar-refractivity contribution in [1.29, 1.82) is 0 Å². The number of allylic oxidation sites excluding steroid dienone is 1. The van der Waals surface area contributed by atoms with Gasteiger partial charge < -0.3 is 10.0 Å². The summed E-state index contributed by atoms with van der Waals surface area (Å²) in [5, 5.41) is 13.0. The van der Waals surface area contributed by atoms with Gasteiger partial charge in [-0.3, -0.25) is 0 Å². The van der Waals surface area contributed by atoms with Gasteiger partial charge in [-0.25, -0.2) is 0 Å². The van der Waals surface area contributed by atoms with Crippen LogP contribution in [0.15, 0.2) is 36.4 Å². The van der Waals surface area contributed by atoms with Gasteiger partial charge in [-0.05, 0) is 43.8 Å². The van der Waals surface area contributed by atoms with Gasteiger partial charge in [-0.15, -0.1) is 12.4 Å². The van der Waals surface area contributed by atoms with E-state index in [2.05, 4.69) is 44.1 Å². The molecular weight excluding hydrogens is 282 g/mol. The van der Waals surface area contributed by atoms with E-state index in [4.69, 9.17) is 0 Å². The van der Waals surface area contributed by atoms with Gasteiger partial charge in [0.15, 0.2) is 0 Å². The van der Waals surface area contributed by atoms with Crippen LogP contribution in [0.3, 0.4) is 0 Å². The van der Waals surface area contributed by atoms with Gasteiger partial charge in [0.1, 0.15) is 5.75 Å². The van der Waals surface area contributed by atoms with Crippen LogP contribution in [0.25, 0.3) is 16.8 Å². The number of rotatable bonds is 4. The van der Waals surface area contributed by atoms with Crippen LogP contribution < -0.4 is 0 Å². The lowest BCUT2D eigenvalue weighted by atomic mass is 9.90. The molecule has 3 heteroatoms. The maximum atomic E-state index is 10.6. The van der Waals surface area contributed by atoms with E-state index in [1.165, 1.54) is 5.39 Å². The number of phenolic OH excluding ortho intramolecular Hbond substituents is 1. The summed E-state index contributed by atoms with van der Waals surface area (Å²) < 4.78 is 0. The Morgan fingerprint density at radius 1 is 1.24 bits per heavy atom. The fraction of sp³-hybridized carbons (Fsp3) is 0.333. The number of fused-ring (bicyclic) bond motifs is 1. The summed E-state index contributed by atoms with van der Waals surface area (Å²) in [6, 6.07) is 10.3. The maximum Gasteiger partial charge on any atom is 0.126 e. The van der Waals surface area contributed by atoms with Crippen LogP contribution in [0.4, 0.5) is 0 Å². The molecule has 21 heavy (non-hydrogen) atoms. The second kappa shape index (κ2) is 7.48. The average Bonchev–Trinajstić information content (AvgIpc) is 2.39. The Kier molecular flexibility index (Phi) is 6.25. The molecule has 0 aromatic heterocycles. The van der Waals surface area contributed by atoms with E-state index in [0.29, 0.717) is 5.75 Å². The minimum atomic E-state index is 0. The van der Waals surface area contributed by atoms with Crippen molar-refractivity contribution < 1.29 is 5.11 Å². The van der Waals surface area contributed by atoms with E-state index < -0.39 is 0 Å². The number of benzene rings is 2. The second-order valence-corrected chi connectivity index (χ2v) is 5.61. The SMILES string of the molecule is CC=Cc1cc2ccccc2c(C(C)CN(C)C)c1O.Cl. The van der Waals surface area contributed by atoms with Crippen LogP contribution in [0, 0.1) is 0 Å². The molecular formula is C18H24ClNO. The molecule has 0 radical (unpaired) electrons. The van der Waals surface area contributed by atoms with Crippen molar-refractivity contribution in [3.8, 4) is 5.75 Å². The molecule has 1 unspecified atom stereocenters. The predicted octanol–water partition coefficient (Wildman–Crippen LogP) is 4.67. The van der Waals surface area contributed by atoms with E-state index in [1.807, 2.05) is 31.2 Å². The number of phenols is 1. The van der Waals surface area contributed by atoms with Crippen LogP contribution in [-0.2, 0) is 0 Å². The highest BCUT2D eigenvalue weighted by molar-refractivity contribution is 5.91. The smallest absolute Gasteiger partial charge is 0.126 e. The zero-order chi connectivity index (χ0) is 14.7. The zero-order valence-electron chi connectivity index (χ0n) is 13.1. The Labute approximate surface area is 133 Å². The molecule has 2 aromatic carbocycles. The van der Waals surface area contributed by atoms with Gasteiger partial charge in [-0.2, -0.15) is 0 Å². The molecule has 0 amide bonds. The third-order valence-corrected chi connectivity index (χ3v) is 3.57. The maximum absolute atomic E-state index is 10.6. The van der Waals surface area contributed by atoms with Crippen molar-refractivity contribution in [2.75, 3.05) is 20.6 Å². The van der Waals surface area contributed by atoms with E-state index in [-0.39, 0.29) is 18.3 Å². The highest BCUT2D eigenvalue weighted by atomic mass is 35.5. The molecule has 0 saturated heterocycles. The quantitative estimate of drug-likeness (QED) is 0.887. The number of likely N-dealkylation sites (N-methyl/N-ethyl adjacent to an activating group) is 1. The first-order valence-electron chi connectivity index (χ1n) is 7.06. The van der Waals surface area contributed by atoms with Crippen molar-refractivity contribution in [2.45, 2.75) is 19.8 Å². The Morgan fingerprint density at radius 3 is 2.52 bits per heavy atom. The van der Waals surface area contributed by atoms with Crippen LogP contribution in [0.1, 0.15) is 30.9 Å². The minimum absolute atomic E-state index is 0. The molecule has 1 atom stereocenters. The van der Waals surface area contributed by atoms with Crippen LogP contribution in [0.2, 0.25) is 0 Å². The highest BCUT2D eigenvalue weighted by Gasteiger charge is 2.17. The van der Waals surface area contributed by atoms with Crippen molar-refractivity contribution in [3.63, 3.8) is 0 Å². The van der Waals surface area contributed by atoms with Gasteiger partial charge in [-0.1, -0.05) is 43.3 Å². The monoisotopic (exact) mass is 305 g/mol. The van der Waals surface area contributed by atoms with Crippen molar-refractivity contribution >= 4 is 29.3 Å². The minimum Gasteiger partial charge on any atom is -0.507 e.